The van der Waals surface area contributed by atoms with Crippen LogP contribution in [0.4, 0.5) is 5.95 Å². The van der Waals surface area contributed by atoms with Crippen molar-refractivity contribution in [3.8, 4) is 0 Å². The summed E-state index contributed by atoms with van der Waals surface area (Å²) in [5.74, 6) is 0.400. The number of rotatable bonds is 3. The zero-order chi connectivity index (χ0) is 13.5. The van der Waals surface area contributed by atoms with Crippen LogP contribution >= 0.6 is 22.6 Å². The first-order valence-electron chi connectivity index (χ1n) is 5.38. The summed E-state index contributed by atoms with van der Waals surface area (Å²) in [5.41, 5.74) is 7.53. The van der Waals surface area contributed by atoms with Crippen LogP contribution in [0.15, 0.2) is 18.2 Å². The number of hydrogen-bond donors (Lipinski definition) is 1. The number of sulfone groups is 1. The normalized spacial score (nSPS) is 13.9. The van der Waals surface area contributed by atoms with E-state index < -0.39 is 9.84 Å². The number of aromatic nitrogens is 2. The summed E-state index contributed by atoms with van der Waals surface area (Å²) >= 11 is 2.20. The molecule has 0 saturated carbocycles. The number of benzene rings is 1. The van der Waals surface area contributed by atoms with E-state index in [0.29, 0.717) is 5.95 Å². The van der Waals surface area contributed by atoms with E-state index in [1.165, 1.54) is 6.26 Å². The summed E-state index contributed by atoms with van der Waals surface area (Å²) < 4.78 is 25.6. The molecule has 18 heavy (non-hydrogen) atoms. The van der Waals surface area contributed by atoms with Crippen LogP contribution in [0.25, 0.3) is 11.0 Å². The zero-order valence-electron chi connectivity index (χ0n) is 10.1. The molecule has 0 aliphatic heterocycles. The van der Waals surface area contributed by atoms with Gasteiger partial charge >= 0.3 is 0 Å². The lowest BCUT2D eigenvalue weighted by Gasteiger charge is -2.14. The summed E-state index contributed by atoms with van der Waals surface area (Å²) in [4.78, 5) is 4.27. The Balaban J connectivity index is 2.53. The number of hydrogen-bond acceptors (Lipinski definition) is 4. The molecule has 2 rings (SSSR count). The van der Waals surface area contributed by atoms with Gasteiger partial charge in [0, 0.05) is 15.9 Å². The van der Waals surface area contributed by atoms with Crippen molar-refractivity contribution in [2.45, 2.75) is 13.0 Å². The number of nitrogens with zero attached hydrogens (tertiary/aromatic N) is 2. The van der Waals surface area contributed by atoms with Gasteiger partial charge < -0.3 is 10.3 Å². The molecule has 0 fully saturated rings. The Morgan fingerprint density at radius 3 is 2.78 bits per heavy atom. The second-order valence-corrected chi connectivity index (χ2v) is 7.84. The maximum atomic E-state index is 11.4. The Morgan fingerprint density at radius 1 is 1.50 bits per heavy atom. The van der Waals surface area contributed by atoms with E-state index >= 15 is 0 Å². The quantitative estimate of drug-likeness (QED) is 0.826. The Labute approximate surface area is 119 Å². The maximum absolute atomic E-state index is 11.4. The Bertz CT molecular complexity index is 694. The summed E-state index contributed by atoms with van der Waals surface area (Å²) in [6, 6.07) is 5.56. The third kappa shape index (κ3) is 2.77. The largest absolute Gasteiger partial charge is 0.369 e. The van der Waals surface area contributed by atoms with Gasteiger partial charge in [-0.2, -0.15) is 0 Å². The first kappa shape index (κ1) is 13.6. The molecule has 1 atom stereocenters. The van der Waals surface area contributed by atoms with Gasteiger partial charge in [0.05, 0.1) is 16.8 Å². The van der Waals surface area contributed by atoms with Gasteiger partial charge in [-0.3, -0.25) is 0 Å². The molecule has 98 valence electrons. The Kier molecular flexibility index (Phi) is 3.54. The molecular formula is C11H14IN3O2S. The Morgan fingerprint density at radius 2 is 2.17 bits per heavy atom. The molecule has 0 bridgehead atoms. The fourth-order valence-electron chi connectivity index (χ4n) is 2.07. The number of anilines is 1. The minimum absolute atomic E-state index is 0.0502. The van der Waals surface area contributed by atoms with Crippen LogP contribution in [-0.2, 0) is 9.84 Å². The highest BCUT2D eigenvalue weighted by molar-refractivity contribution is 14.1. The van der Waals surface area contributed by atoms with Gasteiger partial charge in [-0.05, 0) is 47.7 Å². The van der Waals surface area contributed by atoms with Gasteiger partial charge in [0.1, 0.15) is 9.84 Å². The molecule has 0 spiro atoms. The van der Waals surface area contributed by atoms with Crippen molar-refractivity contribution in [2.75, 3.05) is 17.7 Å². The van der Waals surface area contributed by atoms with E-state index in [4.69, 9.17) is 5.73 Å². The minimum atomic E-state index is -3.05. The SMILES string of the molecule is CC(CS(C)(=O)=O)n1c(N)nc2cc(I)ccc21. The molecule has 1 unspecified atom stereocenters. The molecule has 2 N–H and O–H groups in total. The number of imidazole rings is 1. The van der Waals surface area contributed by atoms with Crippen LogP contribution in [0.2, 0.25) is 0 Å². The van der Waals surface area contributed by atoms with E-state index in [1.54, 1.807) is 4.57 Å². The standard InChI is InChI=1S/C11H14IN3O2S/c1-7(6-18(2,16)17)15-10-4-3-8(12)5-9(10)14-11(15)13/h3-5,7H,6H2,1-2H3,(H2,13,14). The van der Waals surface area contributed by atoms with Crippen molar-refractivity contribution in [3.63, 3.8) is 0 Å². The van der Waals surface area contributed by atoms with E-state index in [2.05, 4.69) is 27.6 Å². The average molecular weight is 379 g/mol. The third-order valence-electron chi connectivity index (χ3n) is 2.66. The van der Waals surface area contributed by atoms with E-state index in [-0.39, 0.29) is 11.8 Å². The fourth-order valence-corrected chi connectivity index (χ4v) is 3.57. The number of halogens is 1. The molecule has 0 saturated heterocycles. The van der Waals surface area contributed by atoms with Crippen molar-refractivity contribution < 1.29 is 8.42 Å². The lowest BCUT2D eigenvalue weighted by Crippen LogP contribution is -2.18. The second-order valence-electron chi connectivity index (χ2n) is 4.41. The molecule has 1 aromatic heterocycles. The lowest BCUT2D eigenvalue weighted by atomic mass is 10.3. The highest BCUT2D eigenvalue weighted by Crippen LogP contribution is 2.24. The Hall–Kier alpha value is -0.830. The molecule has 7 heteroatoms. The summed E-state index contributed by atoms with van der Waals surface area (Å²) in [6.45, 7) is 1.83. The molecule has 0 radical (unpaired) electrons. The fraction of sp³-hybridized carbons (Fsp3) is 0.364. The highest BCUT2D eigenvalue weighted by atomic mass is 127. The van der Waals surface area contributed by atoms with Gasteiger partial charge in [-0.15, -0.1) is 0 Å². The average Bonchev–Trinajstić information content (AvgIpc) is 2.50. The topological polar surface area (TPSA) is 78.0 Å². The van der Waals surface area contributed by atoms with Crippen LogP contribution in [0.3, 0.4) is 0 Å². The molecular weight excluding hydrogens is 365 g/mol. The molecule has 1 aromatic carbocycles. The van der Waals surface area contributed by atoms with Crippen molar-refractivity contribution >= 4 is 49.4 Å². The number of fused-ring (bicyclic) bond motifs is 1. The van der Waals surface area contributed by atoms with E-state index in [1.807, 2.05) is 25.1 Å². The van der Waals surface area contributed by atoms with Crippen LogP contribution in [-0.4, -0.2) is 30.0 Å². The lowest BCUT2D eigenvalue weighted by molar-refractivity contribution is 0.571. The maximum Gasteiger partial charge on any atom is 0.201 e. The molecule has 1 heterocycles. The van der Waals surface area contributed by atoms with Crippen LogP contribution in [0.1, 0.15) is 13.0 Å². The predicted molar refractivity (Wildman–Crippen MR) is 81.3 cm³/mol. The molecule has 0 aliphatic carbocycles. The van der Waals surface area contributed by atoms with Gasteiger partial charge in [-0.25, -0.2) is 13.4 Å². The smallest absolute Gasteiger partial charge is 0.201 e. The summed E-state index contributed by atoms with van der Waals surface area (Å²) in [5, 5.41) is 0. The third-order valence-corrected chi connectivity index (χ3v) is 4.42. The zero-order valence-corrected chi connectivity index (χ0v) is 13.1. The molecule has 2 aromatic rings. The van der Waals surface area contributed by atoms with E-state index in [9.17, 15) is 8.42 Å². The summed E-state index contributed by atoms with van der Waals surface area (Å²) in [6.07, 6.45) is 1.22. The van der Waals surface area contributed by atoms with E-state index in [0.717, 1.165) is 14.6 Å². The number of nitrogen functional groups attached to an aromatic ring is 1. The van der Waals surface area contributed by atoms with Crippen LogP contribution < -0.4 is 5.73 Å². The summed E-state index contributed by atoms with van der Waals surface area (Å²) in [7, 11) is -3.05. The monoisotopic (exact) mass is 379 g/mol. The van der Waals surface area contributed by atoms with Crippen LogP contribution in [0, 0.1) is 3.57 Å². The van der Waals surface area contributed by atoms with Gasteiger partial charge in [0.2, 0.25) is 5.95 Å². The van der Waals surface area contributed by atoms with Crippen molar-refractivity contribution in [1.29, 1.82) is 0 Å². The van der Waals surface area contributed by atoms with Crippen molar-refractivity contribution in [2.24, 2.45) is 0 Å². The highest BCUT2D eigenvalue weighted by Gasteiger charge is 2.17. The molecule has 0 aliphatic rings. The molecule has 5 nitrogen and oxygen atoms in total. The molecule has 0 amide bonds. The van der Waals surface area contributed by atoms with Crippen molar-refractivity contribution in [3.05, 3.63) is 21.8 Å². The van der Waals surface area contributed by atoms with Crippen molar-refractivity contribution in [1.82, 2.24) is 9.55 Å². The van der Waals surface area contributed by atoms with Gasteiger partial charge in [0.25, 0.3) is 0 Å². The first-order chi connectivity index (χ1) is 8.28. The minimum Gasteiger partial charge on any atom is -0.369 e. The predicted octanol–water partition coefficient (Wildman–Crippen LogP) is 1.83. The van der Waals surface area contributed by atoms with Gasteiger partial charge in [0.15, 0.2) is 0 Å². The number of nitrogens with two attached hydrogens (primary N) is 1. The first-order valence-corrected chi connectivity index (χ1v) is 8.52. The second kappa shape index (κ2) is 4.69. The van der Waals surface area contributed by atoms with Crippen LogP contribution in [0.5, 0.6) is 0 Å². The van der Waals surface area contributed by atoms with Gasteiger partial charge in [-0.1, -0.05) is 0 Å².